The molecule has 3 amide bonds. The zero-order valence-corrected chi connectivity index (χ0v) is 24.0. The van der Waals surface area contributed by atoms with Gasteiger partial charge in [-0.25, -0.2) is 9.59 Å². The number of nitrogens with one attached hydrogen (secondary N) is 2. The maximum absolute atomic E-state index is 14.0. The number of amides is 3. The maximum Gasteiger partial charge on any atom is 0.408 e. The highest BCUT2D eigenvalue weighted by atomic mass is 16.6. The summed E-state index contributed by atoms with van der Waals surface area (Å²) in [5, 5.41) is 28.3. The fourth-order valence-corrected chi connectivity index (χ4v) is 5.60. The van der Waals surface area contributed by atoms with Gasteiger partial charge in [-0.15, -0.1) is 10.2 Å². The Morgan fingerprint density at radius 3 is 2.64 bits per heavy atom. The first-order chi connectivity index (χ1) is 20.0. The van der Waals surface area contributed by atoms with Crippen LogP contribution in [0.5, 0.6) is 0 Å². The number of aliphatic carboxylic acids is 1. The maximum atomic E-state index is 14.0. The third-order valence-corrected chi connectivity index (χ3v) is 7.87. The van der Waals surface area contributed by atoms with Gasteiger partial charge in [0, 0.05) is 24.4 Å². The number of carboxylic acids is 1. The van der Waals surface area contributed by atoms with Crippen LogP contribution in [0.1, 0.15) is 65.3 Å². The Morgan fingerprint density at radius 1 is 1.17 bits per heavy atom. The van der Waals surface area contributed by atoms with E-state index in [0.717, 1.165) is 12.0 Å². The Hall–Kier alpha value is -4.29. The van der Waals surface area contributed by atoms with Crippen molar-refractivity contribution < 1.29 is 29.0 Å². The van der Waals surface area contributed by atoms with Crippen molar-refractivity contribution in [2.75, 3.05) is 6.54 Å². The van der Waals surface area contributed by atoms with Crippen molar-refractivity contribution in [3.8, 4) is 11.4 Å². The number of alkyl carbamates (subject to hydrolysis) is 1. The summed E-state index contributed by atoms with van der Waals surface area (Å²) >= 11 is 0. The molecule has 1 saturated heterocycles. The molecule has 0 unspecified atom stereocenters. The first-order valence-electron chi connectivity index (χ1n) is 14.3. The molecule has 1 aromatic carbocycles. The minimum absolute atomic E-state index is 0.0808. The number of rotatable bonds is 4. The van der Waals surface area contributed by atoms with Crippen LogP contribution in [-0.4, -0.2) is 83.9 Å². The molecule has 13 nitrogen and oxygen atoms in total. The number of nitrogens with zero attached hydrogens (tertiary/aromatic N) is 5. The second kappa shape index (κ2) is 11.5. The number of carbonyl (C=O) groups excluding carboxylic acids is 3. The number of hydrogen-bond acceptors (Lipinski definition) is 8. The average Bonchev–Trinajstić information content (AvgIpc) is 3.27. The molecule has 3 heterocycles. The van der Waals surface area contributed by atoms with E-state index in [1.807, 2.05) is 42.5 Å². The van der Waals surface area contributed by atoms with Crippen LogP contribution in [0.2, 0.25) is 0 Å². The van der Waals surface area contributed by atoms with Crippen LogP contribution >= 0.6 is 0 Å². The van der Waals surface area contributed by atoms with Gasteiger partial charge in [0.15, 0.2) is 0 Å². The first kappa shape index (κ1) is 29.2. The van der Waals surface area contributed by atoms with Gasteiger partial charge in [0.05, 0.1) is 6.04 Å². The number of benzene rings is 1. The number of hydrogen-bond donors (Lipinski definition) is 3. The van der Waals surface area contributed by atoms with E-state index in [2.05, 4.69) is 26.0 Å². The summed E-state index contributed by atoms with van der Waals surface area (Å²) in [4.78, 5) is 55.5. The molecule has 0 bridgehead atoms. The van der Waals surface area contributed by atoms with Crippen LogP contribution in [0.15, 0.2) is 42.5 Å². The minimum atomic E-state index is -1.41. The van der Waals surface area contributed by atoms with Crippen molar-refractivity contribution in [1.29, 1.82) is 0 Å². The lowest BCUT2D eigenvalue weighted by Gasteiger charge is -2.30. The van der Waals surface area contributed by atoms with Gasteiger partial charge in [-0.2, -0.15) is 4.80 Å². The molecule has 5 rings (SSSR count). The van der Waals surface area contributed by atoms with E-state index in [9.17, 15) is 24.3 Å². The molecule has 0 spiro atoms. The van der Waals surface area contributed by atoms with Gasteiger partial charge < -0.3 is 25.4 Å². The lowest BCUT2D eigenvalue weighted by Crippen LogP contribution is -2.56. The van der Waals surface area contributed by atoms with E-state index in [1.54, 1.807) is 20.8 Å². The van der Waals surface area contributed by atoms with Crippen LogP contribution in [0.3, 0.4) is 0 Å². The molecule has 1 aliphatic carbocycles. The normalized spacial score (nSPS) is 29.0. The summed E-state index contributed by atoms with van der Waals surface area (Å²) < 4.78 is 5.42. The smallest absolute Gasteiger partial charge is 0.408 e. The number of carbonyl (C=O) groups is 4. The van der Waals surface area contributed by atoms with E-state index in [4.69, 9.17) is 4.74 Å². The zero-order chi connectivity index (χ0) is 30.1. The van der Waals surface area contributed by atoms with Crippen molar-refractivity contribution in [3.63, 3.8) is 0 Å². The average molecular weight is 580 g/mol. The number of allylic oxidation sites excluding steroid dienone is 1. The predicted molar refractivity (Wildman–Crippen MR) is 150 cm³/mol. The van der Waals surface area contributed by atoms with Gasteiger partial charge in [-0.1, -0.05) is 48.9 Å². The predicted octanol–water partition coefficient (Wildman–Crippen LogP) is 2.47. The SMILES string of the molecule is CC(C)(C)OC(=O)N[C@H]1CCCC/C=C\[C@@H]2C[C@@]2(C(=O)O)NC(=O)[C@@H]2C[C@@H](n3nnc(-c4ccccc4)n3)CN2C1=O. The molecular formula is C29H37N7O6. The lowest BCUT2D eigenvalue weighted by atomic mass is 10.0. The van der Waals surface area contributed by atoms with E-state index in [-0.39, 0.29) is 25.3 Å². The molecule has 3 aliphatic rings. The summed E-state index contributed by atoms with van der Waals surface area (Å²) in [7, 11) is 0. The third-order valence-electron chi connectivity index (χ3n) is 7.87. The monoisotopic (exact) mass is 579 g/mol. The Bertz CT molecular complexity index is 1370. The van der Waals surface area contributed by atoms with Gasteiger partial charge in [-0.3, -0.25) is 9.59 Å². The van der Waals surface area contributed by atoms with Crippen LogP contribution in [0.25, 0.3) is 11.4 Å². The van der Waals surface area contributed by atoms with Crippen molar-refractivity contribution in [1.82, 2.24) is 35.7 Å². The molecule has 224 valence electrons. The number of aromatic nitrogens is 4. The van der Waals surface area contributed by atoms with Crippen molar-refractivity contribution in [3.05, 3.63) is 42.5 Å². The number of carboxylic acid groups (broad SMARTS) is 1. The molecule has 0 radical (unpaired) electrons. The number of tetrazole rings is 1. The van der Waals surface area contributed by atoms with E-state index in [0.29, 0.717) is 25.1 Å². The quantitative estimate of drug-likeness (QED) is 0.461. The Kier molecular flexibility index (Phi) is 8.02. The van der Waals surface area contributed by atoms with E-state index >= 15 is 0 Å². The second-order valence-electron chi connectivity index (χ2n) is 12.2. The number of fused-ring (bicyclic) bond motifs is 2. The summed E-state index contributed by atoms with van der Waals surface area (Å²) in [6, 6.07) is 6.88. The van der Waals surface area contributed by atoms with Gasteiger partial charge in [0.1, 0.15) is 23.2 Å². The molecule has 1 saturated carbocycles. The largest absolute Gasteiger partial charge is 0.479 e. The van der Waals surface area contributed by atoms with Gasteiger partial charge >= 0.3 is 12.1 Å². The third kappa shape index (κ3) is 6.29. The minimum Gasteiger partial charge on any atom is -0.479 e. The summed E-state index contributed by atoms with van der Waals surface area (Å²) in [6.07, 6.45) is 5.88. The summed E-state index contributed by atoms with van der Waals surface area (Å²) in [5.41, 5.74) is -1.40. The molecular weight excluding hydrogens is 542 g/mol. The van der Waals surface area contributed by atoms with Crippen LogP contribution < -0.4 is 10.6 Å². The van der Waals surface area contributed by atoms with Gasteiger partial charge in [-0.05, 0) is 51.7 Å². The van der Waals surface area contributed by atoms with Crippen molar-refractivity contribution in [2.45, 2.75) is 88.6 Å². The Balaban J connectivity index is 1.44. The first-order valence-corrected chi connectivity index (χ1v) is 14.3. The highest BCUT2D eigenvalue weighted by Gasteiger charge is 2.61. The lowest BCUT2D eigenvalue weighted by molar-refractivity contribution is -0.145. The Labute approximate surface area is 243 Å². The van der Waals surface area contributed by atoms with E-state index in [1.165, 1.54) is 9.70 Å². The Morgan fingerprint density at radius 2 is 1.93 bits per heavy atom. The molecule has 2 aliphatic heterocycles. The summed E-state index contributed by atoms with van der Waals surface area (Å²) in [6.45, 7) is 5.28. The second-order valence-corrected chi connectivity index (χ2v) is 12.2. The molecule has 2 aromatic rings. The molecule has 5 atom stereocenters. The highest BCUT2D eigenvalue weighted by molar-refractivity contribution is 5.96. The molecule has 13 heteroatoms. The van der Waals surface area contributed by atoms with Crippen LogP contribution in [-0.2, 0) is 19.1 Å². The molecule has 42 heavy (non-hydrogen) atoms. The molecule has 3 N–H and O–H groups in total. The number of ether oxygens (including phenoxy) is 1. The highest BCUT2D eigenvalue weighted by Crippen LogP contribution is 2.45. The van der Waals surface area contributed by atoms with Gasteiger partial charge in [0.25, 0.3) is 0 Å². The van der Waals surface area contributed by atoms with Crippen LogP contribution in [0, 0.1) is 5.92 Å². The molecule has 1 aromatic heterocycles. The van der Waals surface area contributed by atoms with Crippen LogP contribution in [0.4, 0.5) is 4.79 Å². The fraction of sp³-hybridized carbons (Fsp3) is 0.552. The van der Waals surface area contributed by atoms with E-state index < -0.39 is 53.1 Å². The fourth-order valence-electron chi connectivity index (χ4n) is 5.60. The standard InChI is InChI=1S/C29H37N7O6/c1-28(2,3)42-27(41)30-21-14-10-5-4-9-13-19-16-29(19,26(39)40)31-24(37)22-15-20(17-35(22)25(21)38)36-33-23(32-34-36)18-11-7-6-8-12-18/h6-9,11-13,19-22H,4-5,10,14-17H2,1-3H3,(H,30,41)(H,31,37)(H,39,40)/b13-9-/t19-,20-,21+,22+,29-/m1/s1. The van der Waals surface area contributed by atoms with Gasteiger partial charge in [0.2, 0.25) is 17.6 Å². The zero-order valence-electron chi connectivity index (χ0n) is 24.0. The van der Waals surface area contributed by atoms with Crippen molar-refractivity contribution in [2.24, 2.45) is 5.92 Å². The summed E-state index contributed by atoms with van der Waals surface area (Å²) in [5.74, 6) is -2.05. The topological polar surface area (TPSA) is 169 Å². The van der Waals surface area contributed by atoms with Crippen molar-refractivity contribution >= 4 is 23.9 Å². The molecule has 2 fully saturated rings.